The second-order valence-electron chi connectivity index (χ2n) is 8.62. The van der Waals surface area contributed by atoms with Crippen molar-refractivity contribution >= 4 is 28.4 Å². The van der Waals surface area contributed by atoms with Crippen LogP contribution in [0.3, 0.4) is 0 Å². The van der Waals surface area contributed by atoms with Gasteiger partial charge >= 0.3 is 5.97 Å². The molecular formula is C28H25N3O5. The highest BCUT2D eigenvalue weighted by Gasteiger charge is 2.34. The number of methoxy groups -OCH3 is 1. The van der Waals surface area contributed by atoms with Gasteiger partial charge in [-0.15, -0.1) is 0 Å². The molecule has 0 aliphatic carbocycles. The van der Waals surface area contributed by atoms with E-state index >= 15 is 0 Å². The van der Waals surface area contributed by atoms with E-state index in [4.69, 9.17) is 14.0 Å². The Balaban J connectivity index is 1.42. The van der Waals surface area contributed by atoms with E-state index in [0.29, 0.717) is 17.9 Å². The smallest absolute Gasteiger partial charge is 0.344 e. The molecule has 1 atom stereocenters. The summed E-state index contributed by atoms with van der Waals surface area (Å²) >= 11 is 0. The highest BCUT2D eigenvalue weighted by Crippen LogP contribution is 2.34. The molecule has 0 saturated heterocycles. The molecule has 3 aromatic carbocycles. The van der Waals surface area contributed by atoms with Crippen LogP contribution >= 0.6 is 0 Å². The van der Waals surface area contributed by atoms with Crippen molar-refractivity contribution in [3.63, 3.8) is 0 Å². The van der Waals surface area contributed by atoms with Gasteiger partial charge in [-0.3, -0.25) is 4.79 Å². The van der Waals surface area contributed by atoms with Gasteiger partial charge in [-0.1, -0.05) is 53.7 Å². The molecule has 1 amide bonds. The van der Waals surface area contributed by atoms with Gasteiger partial charge in [0, 0.05) is 6.42 Å². The van der Waals surface area contributed by atoms with Crippen molar-refractivity contribution in [3.05, 3.63) is 94.9 Å². The van der Waals surface area contributed by atoms with Gasteiger partial charge in [-0.05, 0) is 53.9 Å². The molecule has 0 N–H and O–H groups in total. The number of carbonyl (C=O) groups is 2. The first-order chi connectivity index (χ1) is 17.4. The minimum absolute atomic E-state index is 0.233. The van der Waals surface area contributed by atoms with Crippen molar-refractivity contribution < 1.29 is 23.6 Å². The van der Waals surface area contributed by atoms with Gasteiger partial charge in [0.1, 0.15) is 17.1 Å². The molecule has 1 aromatic heterocycles. The summed E-state index contributed by atoms with van der Waals surface area (Å²) in [6.45, 7) is 2.82. The molecular weight excluding hydrogens is 458 g/mol. The summed E-state index contributed by atoms with van der Waals surface area (Å²) in [6, 6.07) is 21.4. The molecule has 1 aliphatic heterocycles. The largest absolute Gasteiger partial charge is 0.497 e. The number of ether oxygens (including phenoxy) is 2. The van der Waals surface area contributed by atoms with E-state index in [0.717, 1.165) is 33.4 Å². The van der Waals surface area contributed by atoms with Gasteiger partial charge in [0.05, 0.1) is 24.6 Å². The van der Waals surface area contributed by atoms with Crippen LogP contribution in [0.15, 0.2) is 76.4 Å². The predicted octanol–water partition coefficient (Wildman–Crippen LogP) is 4.99. The number of benzene rings is 3. The zero-order valence-electron chi connectivity index (χ0n) is 20.2. The van der Waals surface area contributed by atoms with Crippen LogP contribution in [-0.2, 0) is 9.53 Å². The molecule has 2 heterocycles. The highest BCUT2D eigenvalue weighted by atomic mass is 16.5. The minimum atomic E-state index is -0.654. The van der Waals surface area contributed by atoms with Gasteiger partial charge in [0.15, 0.2) is 6.61 Å². The molecule has 0 saturated carbocycles. The number of fused-ring (bicyclic) bond motifs is 1. The molecule has 8 nitrogen and oxygen atoms in total. The number of aromatic nitrogens is 1. The Morgan fingerprint density at radius 2 is 1.78 bits per heavy atom. The predicted molar refractivity (Wildman–Crippen MR) is 134 cm³/mol. The third-order valence-corrected chi connectivity index (χ3v) is 6.31. The van der Waals surface area contributed by atoms with Crippen molar-refractivity contribution in [1.82, 2.24) is 10.2 Å². The van der Waals surface area contributed by atoms with E-state index in [1.54, 1.807) is 21.0 Å². The van der Waals surface area contributed by atoms with E-state index < -0.39 is 18.5 Å². The molecule has 0 spiro atoms. The van der Waals surface area contributed by atoms with Crippen LogP contribution in [-0.4, -0.2) is 41.5 Å². The number of hydrazone groups is 1. The van der Waals surface area contributed by atoms with Crippen LogP contribution in [0.1, 0.15) is 45.4 Å². The van der Waals surface area contributed by atoms with Crippen molar-refractivity contribution in [2.75, 3.05) is 13.7 Å². The lowest BCUT2D eigenvalue weighted by Gasteiger charge is -2.22. The molecule has 4 aromatic rings. The van der Waals surface area contributed by atoms with Crippen LogP contribution in [0.2, 0.25) is 0 Å². The van der Waals surface area contributed by atoms with E-state index in [9.17, 15) is 9.59 Å². The number of amides is 1. The Bertz CT molecular complexity index is 1450. The van der Waals surface area contributed by atoms with Crippen LogP contribution in [0.5, 0.6) is 5.75 Å². The fourth-order valence-corrected chi connectivity index (χ4v) is 4.41. The van der Waals surface area contributed by atoms with Crippen LogP contribution in [0, 0.1) is 13.8 Å². The average molecular weight is 484 g/mol. The number of hydrogen-bond donors (Lipinski definition) is 0. The van der Waals surface area contributed by atoms with E-state index in [1.165, 1.54) is 5.01 Å². The highest BCUT2D eigenvalue weighted by molar-refractivity contribution is 6.05. The van der Waals surface area contributed by atoms with Gasteiger partial charge in [-0.25, -0.2) is 9.80 Å². The lowest BCUT2D eigenvalue weighted by Crippen LogP contribution is -2.31. The van der Waals surface area contributed by atoms with Gasteiger partial charge in [-0.2, -0.15) is 5.10 Å². The number of carbonyl (C=O) groups excluding carboxylic acids is 2. The van der Waals surface area contributed by atoms with Crippen molar-refractivity contribution in [2.45, 2.75) is 26.3 Å². The molecule has 1 aliphatic rings. The number of nitrogens with zero attached hydrogens (tertiary/aromatic N) is 3. The Hall–Kier alpha value is -4.46. The fraction of sp³-hybridized carbons (Fsp3) is 0.214. The number of hydrogen-bond acceptors (Lipinski definition) is 7. The van der Waals surface area contributed by atoms with Gasteiger partial charge in [0.2, 0.25) is 0 Å². The maximum absolute atomic E-state index is 13.3. The SMILES string of the molecule is COc1ccc([C@H]2CC(c3ccc4ccccc4c3)=NN2C(=O)COC(=O)c2c(C)noc2C)cc1. The lowest BCUT2D eigenvalue weighted by atomic mass is 9.97. The van der Waals surface area contributed by atoms with Crippen LogP contribution < -0.4 is 4.74 Å². The van der Waals surface area contributed by atoms with Gasteiger partial charge in [0.25, 0.3) is 5.91 Å². The third-order valence-electron chi connectivity index (χ3n) is 6.31. The summed E-state index contributed by atoms with van der Waals surface area (Å²) in [5.74, 6) is -0.0113. The second kappa shape index (κ2) is 9.65. The maximum Gasteiger partial charge on any atom is 0.344 e. The lowest BCUT2D eigenvalue weighted by molar-refractivity contribution is -0.136. The summed E-state index contributed by atoms with van der Waals surface area (Å²) in [4.78, 5) is 25.8. The summed E-state index contributed by atoms with van der Waals surface area (Å²) in [5.41, 5.74) is 3.28. The van der Waals surface area contributed by atoms with E-state index in [-0.39, 0.29) is 11.6 Å². The second-order valence-corrected chi connectivity index (χ2v) is 8.62. The first kappa shape index (κ1) is 23.3. The molecule has 0 radical (unpaired) electrons. The van der Waals surface area contributed by atoms with Crippen molar-refractivity contribution in [1.29, 1.82) is 0 Å². The first-order valence-corrected chi connectivity index (χ1v) is 11.6. The molecule has 8 heteroatoms. The molecule has 0 bridgehead atoms. The Labute approximate surface area is 208 Å². The zero-order valence-corrected chi connectivity index (χ0v) is 20.2. The summed E-state index contributed by atoms with van der Waals surface area (Å²) in [5, 5.41) is 12.1. The van der Waals surface area contributed by atoms with Crippen LogP contribution in [0.4, 0.5) is 0 Å². The Morgan fingerprint density at radius 1 is 1.03 bits per heavy atom. The van der Waals surface area contributed by atoms with E-state index in [1.807, 2.05) is 54.6 Å². The molecule has 182 valence electrons. The number of aryl methyl sites for hydroxylation is 2. The molecule has 36 heavy (non-hydrogen) atoms. The quantitative estimate of drug-likeness (QED) is 0.359. The van der Waals surface area contributed by atoms with Gasteiger partial charge < -0.3 is 14.0 Å². The summed E-state index contributed by atoms with van der Waals surface area (Å²) < 4.78 is 15.6. The number of rotatable bonds is 6. The third kappa shape index (κ3) is 4.45. The molecule has 0 fully saturated rings. The fourth-order valence-electron chi connectivity index (χ4n) is 4.41. The first-order valence-electron chi connectivity index (χ1n) is 11.6. The summed E-state index contributed by atoms with van der Waals surface area (Å²) in [6.07, 6.45) is 0.522. The maximum atomic E-state index is 13.3. The average Bonchev–Trinajstić information content (AvgIpc) is 3.50. The Morgan fingerprint density at radius 3 is 2.47 bits per heavy atom. The molecule has 0 unspecified atom stereocenters. The molecule has 5 rings (SSSR count). The normalized spacial score (nSPS) is 15.1. The zero-order chi connectivity index (χ0) is 25.2. The van der Waals surface area contributed by atoms with Crippen molar-refractivity contribution in [2.24, 2.45) is 5.10 Å². The monoisotopic (exact) mass is 483 g/mol. The van der Waals surface area contributed by atoms with Crippen molar-refractivity contribution in [3.8, 4) is 5.75 Å². The number of esters is 1. The van der Waals surface area contributed by atoms with Crippen LogP contribution in [0.25, 0.3) is 10.8 Å². The topological polar surface area (TPSA) is 94.2 Å². The minimum Gasteiger partial charge on any atom is -0.497 e. The summed E-state index contributed by atoms with van der Waals surface area (Å²) in [7, 11) is 1.61. The Kier molecular flexibility index (Phi) is 6.25. The standard InChI is InChI=1S/C28H25N3O5/c1-17-27(18(2)36-30-17)28(33)35-16-26(32)31-25(20-10-12-23(34-3)13-11-20)15-24(29-31)22-9-8-19-6-4-5-7-21(19)14-22/h4-14,25H,15-16H2,1-3H3/t25-/m1/s1. The van der Waals surface area contributed by atoms with E-state index in [2.05, 4.69) is 22.4 Å².